The standard InChI is InChI=1S/C14H19N3O4/c18-12(16-10-5-6-10)4-1-7-15-14(21)11-3-2-8-17(11)9-13(19)20/h2-3,8,10H,1,4-7,9H2,(H,15,21)(H,16,18)(H,19,20). The molecule has 2 rings (SSSR count). The molecule has 1 heterocycles. The number of nitrogens with zero attached hydrogens (tertiary/aromatic N) is 1. The van der Waals surface area contributed by atoms with Gasteiger partial charge >= 0.3 is 5.97 Å². The Balaban J connectivity index is 1.70. The molecule has 0 aliphatic heterocycles. The number of rotatable bonds is 8. The molecule has 0 atom stereocenters. The number of aliphatic carboxylic acids is 1. The average molecular weight is 293 g/mol. The molecule has 0 bridgehead atoms. The molecular formula is C14H19N3O4. The van der Waals surface area contributed by atoms with Crippen LogP contribution in [0.15, 0.2) is 18.3 Å². The summed E-state index contributed by atoms with van der Waals surface area (Å²) in [5.41, 5.74) is 0.305. The van der Waals surface area contributed by atoms with Crippen molar-refractivity contribution in [2.45, 2.75) is 38.3 Å². The van der Waals surface area contributed by atoms with Crippen LogP contribution in [-0.2, 0) is 16.1 Å². The van der Waals surface area contributed by atoms with Crippen LogP contribution >= 0.6 is 0 Å². The van der Waals surface area contributed by atoms with E-state index >= 15 is 0 Å². The fourth-order valence-electron chi connectivity index (χ4n) is 1.97. The van der Waals surface area contributed by atoms with Crippen molar-refractivity contribution in [3.8, 4) is 0 Å². The Hall–Kier alpha value is -2.31. The summed E-state index contributed by atoms with van der Waals surface area (Å²) in [7, 11) is 0. The highest BCUT2D eigenvalue weighted by Crippen LogP contribution is 2.18. The minimum Gasteiger partial charge on any atom is -0.480 e. The minimum absolute atomic E-state index is 0.0148. The van der Waals surface area contributed by atoms with Crippen LogP contribution in [0.3, 0.4) is 0 Å². The summed E-state index contributed by atoms with van der Waals surface area (Å²) < 4.78 is 1.37. The molecule has 2 amide bonds. The van der Waals surface area contributed by atoms with Crippen LogP contribution in [0.25, 0.3) is 0 Å². The Labute approximate surface area is 122 Å². The highest BCUT2D eigenvalue weighted by molar-refractivity contribution is 5.93. The molecule has 7 heteroatoms. The van der Waals surface area contributed by atoms with E-state index in [4.69, 9.17) is 5.11 Å². The zero-order valence-corrected chi connectivity index (χ0v) is 11.7. The topological polar surface area (TPSA) is 100 Å². The second-order valence-electron chi connectivity index (χ2n) is 5.12. The van der Waals surface area contributed by atoms with Gasteiger partial charge in [0.1, 0.15) is 12.2 Å². The summed E-state index contributed by atoms with van der Waals surface area (Å²) >= 11 is 0. The molecule has 1 aromatic heterocycles. The van der Waals surface area contributed by atoms with Crippen molar-refractivity contribution in [3.63, 3.8) is 0 Å². The Kier molecular flexibility index (Phi) is 4.97. The van der Waals surface area contributed by atoms with Crippen LogP contribution in [0.1, 0.15) is 36.2 Å². The second kappa shape index (κ2) is 6.92. The lowest BCUT2D eigenvalue weighted by atomic mass is 10.3. The van der Waals surface area contributed by atoms with Crippen LogP contribution in [-0.4, -0.2) is 40.0 Å². The third kappa shape index (κ3) is 4.94. The van der Waals surface area contributed by atoms with Gasteiger partial charge < -0.3 is 20.3 Å². The fraction of sp³-hybridized carbons (Fsp3) is 0.500. The molecule has 0 aromatic carbocycles. The number of hydrogen-bond donors (Lipinski definition) is 3. The molecule has 1 saturated carbocycles. The summed E-state index contributed by atoms with van der Waals surface area (Å²) in [6, 6.07) is 3.55. The van der Waals surface area contributed by atoms with E-state index in [0.717, 1.165) is 12.8 Å². The van der Waals surface area contributed by atoms with Gasteiger partial charge in [0.15, 0.2) is 0 Å². The van der Waals surface area contributed by atoms with E-state index < -0.39 is 5.97 Å². The van der Waals surface area contributed by atoms with Gasteiger partial charge in [-0.3, -0.25) is 14.4 Å². The first-order chi connectivity index (χ1) is 10.1. The Morgan fingerprint density at radius 3 is 2.76 bits per heavy atom. The maximum atomic E-state index is 11.9. The van der Waals surface area contributed by atoms with Gasteiger partial charge in [0, 0.05) is 25.2 Å². The molecule has 21 heavy (non-hydrogen) atoms. The number of carbonyl (C=O) groups is 3. The van der Waals surface area contributed by atoms with Gasteiger partial charge in [0.05, 0.1) is 0 Å². The van der Waals surface area contributed by atoms with E-state index in [-0.39, 0.29) is 18.4 Å². The van der Waals surface area contributed by atoms with E-state index in [9.17, 15) is 14.4 Å². The zero-order chi connectivity index (χ0) is 15.2. The monoisotopic (exact) mass is 293 g/mol. The lowest BCUT2D eigenvalue weighted by Crippen LogP contribution is -2.29. The van der Waals surface area contributed by atoms with Gasteiger partial charge in [-0.1, -0.05) is 0 Å². The van der Waals surface area contributed by atoms with E-state index in [1.165, 1.54) is 4.57 Å². The summed E-state index contributed by atoms with van der Waals surface area (Å²) in [5, 5.41) is 14.3. The van der Waals surface area contributed by atoms with Crippen molar-refractivity contribution < 1.29 is 19.5 Å². The number of carboxylic acid groups (broad SMARTS) is 1. The number of carbonyl (C=O) groups excluding carboxylic acids is 2. The lowest BCUT2D eigenvalue weighted by molar-refractivity contribution is -0.137. The van der Waals surface area contributed by atoms with Crippen LogP contribution in [0.4, 0.5) is 0 Å². The third-order valence-corrected chi connectivity index (χ3v) is 3.18. The first-order valence-corrected chi connectivity index (χ1v) is 7.01. The van der Waals surface area contributed by atoms with Crippen LogP contribution in [0, 0.1) is 0 Å². The largest absolute Gasteiger partial charge is 0.480 e. The lowest BCUT2D eigenvalue weighted by Gasteiger charge is -2.08. The summed E-state index contributed by atoms with van der Waals surface area (Å²) in [4.78, 5) is 34.0. The van der Waals surface area contributed by atoms with E-state index in [2.05, 4.69) is 10.6 Å². The maximum absolute atomic E-state index is 11.9. The molecule has 7 nitrogen and oxygen atoms in total. The Bertz CT molecular complexity index is 534. The minimum atomic E-state index is -1.00. The molecule has 0 saturated heterocycles. The highest BCUT2D eigenvalue weighted by Gasteiger charge is 2.22. The first-order valence-electron chi connectivity index (χ1n) is 7.01. The van der Waals surface area contributed by atoms with Crippen LogP contribution in [0.5, 0.6) is 0 Å². The summed E-state index contributed by atoms with van der Waals surface area (Å²) in [6.07, 6.45) is 4.61. The molecule has 1 aromatic rings. The highest BCUT2D eigenvalue weighted by atomic mass is 16.4. The summed E-state index contributed by atoms with van der Waals surface area (Å²) in [5.74, 6) is -1.32. The third-order valence-electron chi connectivity index (χ3n) is 3.18. The van der Waals surface area contributed by atoms with Gasteiger partial charge in [-0.2, -0.15) is 0 Å². The Morgan fingerprint density at radius 1 is 1.33 bits per heavy atom. The van der Waals surface area contributed by atoms with Crippen molar-refractivity contribution in [1.82, 2.24) is 15.2 Å². The van der Waals surface area contributed by atoms with Crippen LogP contribution < -0.4 is 10.6 Å². The van der Waals surface area contributed by atoms with Crippen molar-refractivity contribution >= 4 is 17.8 Å². The molecule has 3 N–H and O–H groups in total. The Morgan fingerprint density at radius 2 is 2.10 bits per heavy atom. The second-order valence-corrected chi connectivity index (χ2v) is 5.12. The molecule has 1 fully saturated rings. The zero-order valence-electron chi connectivity index (χ0n) is 11.7. The number of hydrogen-bond acceptors (Lipinski definition) is 3. The predicted molar refractivity (Wildman–Crippen MR) is 74.8 cm³/mol. The quantitative estimate of drug-likeness (QED) is 0.602. The van der Waals surface area contributed by atoms with Crippen molar-refractivity contribution in [2.75, 3.05) is 6.54 Å². The van der Waals surface area contributed by atoms with Gasteiger partial charge in [-0.25, -0.2) is 0 Å². The van der Waals surface area contributed by atoms with Gasteiger partial charge in [-0.05, 0) is 31.4 Å². The summed E-state index contributed by atoms with van der Waals surface area (Å²) in [6.45, 7) is 0.134. The van der Waals surface area contributed by atoms with Crippen LogP contribution in [0.2, 0.25) is 0 Å². The molecule has 0 unspecified atom stereocenters. The molecule has 114 valence electrons. The van der Waals surface area contributed by atoms with Crippen molar-refractivity contribution in [2.24, 2.45) is 0 Å². The SMILES string of the molecule is O=C(O)Cn1cccc1C(=O)NCCCC(=O)NC1CC1. The fourth-order valence-corrected chi connectivity index (χ4v) is 1.97. The molecule has 0 radical (unpaired) electrons. The van der Waals surface area contributed by atoms with Gasteiger partial charge in [-0.15, -0.1) is 0 Å². The number of carboxylic acids is 1. The molecule has 1 aliphatic rings. The smallest absolute Gasteiger partial charge is 0.323 e. The van der Waals surface area contributed by atoms with Gasteiger partial charge in [0.25, 0.3) is 5.91 Å². The van der Waals surface area contributed by atoms with Crippen molar-refractivity contribution in [1.29, 1.82) is 0 Å². The molecule has 1 aliphatic carbocycles. The normalized spacial score (nSPS) is 13.7. The molecular weight excluding hydrogens is 274 g/mol. The predicted octanol–water partition coefficient (Wildman–Crippen LogP) is 0.361. The van der Waals surface area contributed by atoms with Gasteiger partial charge in [0.2, 0.25) is 5.91 Å². The van der Waals surface area contributed by atoms with E-state index in [1.807, 2.05) is 0 Å². The number of nitrogens with one attached hydrogen (secondary N) is 2. The molecule has 0 spiro atoms. The number of aromatic nitrogens is 1. The van der Waals surface area contributed by atoms with E-state index in [0.29, 0.717) is 31.1 Å². The number of amides is 2. The van der Waals surface area contributed by atoms with E-state index in [1.54, 1.807) is 18.3 Å². The average Bonchev–Trinajstić information content (AvgIpc) is 3.10. The maximum Gasteiger partial charge on any atom is 0.323 e. The van der Waals surface area contributed by atoms with Crippen molar-refractivity contribution in [3.05, 3.63) is 24.0 Å². The first kappa shape index (κ1) is 15.1.